The number of benzene rings is 1. The Morgan fingerprint density at radius 3 is 2.08 bits per heavy atom. The molecule has 3 heteroatoms. The second-order valence-electron chi connectivity index (χ2n) is 7.94. The summed E-state index contributed by atoms with van der Waals surface area (Å²) in [6, 6.07) is 12.6. The number of para-hydroxylation sites is 1. The Bertz CT molecular complexity index is 489. The van der Waals surface area contributed by atoms with Gasteiger partial charge in [-0.1, -0.05) is 37.5 Å². The third kappa shape index (κ3) is 3.78. The molecule has 0 N–H and O–H groups in total. The van der Waals surface area contributed by atoms with E-state index in [0.717, 1.165) is 12.1 Å². The Labute approximate surface area is 147 Å². The van der Waals surface area contributed by atoms with Crippen molar-refractivity contribution >= 4 is 5.69 Å². The van der Waals surface area contributed by atoms with Crippen LogP contribution >= 0.6 is 0 Å². The fraction of sp³-hybridized carbons (Fsp3) is 0.714. The largest absolute Gasteiger partial charge is 0.369 e. The lowest BCUT2D eigenvalue weighted by molar-refractivity contribution is 0.0553. The SMILES string of the molecule is c1ccc(N2CCN(C3CCCN(C4CCCCC4)C3)CC2)cc1. The highest BCUT2D eigenvalue weighted by Crippen LogP contribution is 2.27. The quantitative estimate of drug-likeness (QED) is 0.840. The first-order valence-corrected chi connectivity index (χ1v) is 10.2. The van der Waals surface area contributed by atoms with Crippen LogP contribution in [-0.2, 0) is 0 Å². The van der Waals surface area contributed by atoms with E-state index in [0.29, 0.717) is 0 Å². The van der Waals surface area contributed by atoms with Crippen molar-refractivity contribution in [3.63, 3.8) is 0 Å². The number of rotatable bonds is 3. The Kier molecular flexibility index (Phi) is 5.39. The minimum Gasteiger partial charge on any atom is -0.369 e. The minimum absolute atomic E-state index is 0.804. The van der Waals surface area contributed by atoms with Crippen LogP contribution in [0.25, 0.3) is 0 Å². The molecule has 0 radical (unpaired) electrons. The van der Waals surface area contributed by atoms with Crippen molar-refractivity contribution in [1.29, 1.82) is 0 Å². The molecule has 0 amide bonds. The van der Waals surface area contributed by atoms with Gasteiger partial charge in [0, 0.05) is 50.5 Å². The van der Waals surface area contributed by atoms with Crippen molar-refractivity contribution in [3.8, 4) is 0 Å². The molecule has 3 nitrogen and oxygen atoms in total. The molecule has 0 spiro atoms. The summed E-state index contributed by atoms with van der Waals surface area (Å²) in [4.78, 5) is 8.18. The molecule has 1 aromatic carbocycles. The van der Waals surface area contributed by atoms with Crippen LogP contribution in [0.4, 0.5) is 5.69 Å². The second kappa shape index (κ2) is 7.88. The number of hydrogen-bond acceptors (Lipinski definition) is 3. The van der Waals surface area contributed by atoms with Gasteiger partial charge in [0.1, 0.15) is 0 Å². The van der Waals surface area contributed by atoms with Crippen LogP contribution in [-0.4, -0.2) is 61.2 Å². The molecule has 4 rings (SSSR count). The molecular formula is C21H33N3. The molecule has 3 fully saturated rings. The van der Waals surface area contributed by atoms with Crippen LogP contribution in [0.15, 0.2) is 30.3 Å². The van der Waals surface area contributed by atoms with Gasteiger partial charge in [-0.05, 0) is 44.4 Å². The average molecular weight is 328 g/mol. The van der Waals surface area contributed by atoms with E-state index in [4.69, 9.17) is 0 Å². The zero-order chi connectivity index (χ0) is 16.2. The van der Waals surface area contributed by atoms with Crippen LogP contribution < -0.4 is 4.90 Å². The summed E-state index contributed by atoms with van der Waals surface area (Å²) in [7, 11) is 0. The zero-order valence-electron chi connectivity index (χ0n) is 15.1. The predicted molar refractivity (Wildman–Crippen MR) is 102 cm³/mol. The third-order valence-electron chi connectivity index (χ3n) is 6.47. The second-order valence-corrected chi connectivity index (χ2v) is 7.94. The maximum absolute atomic E-state index is 2.84. The van der Waals surface area contributed by atoms with Gasteiger partial charge >= 0.3 is 0 Å². The van der Waals surface area contributed by atoms with Crippen molar-refractivity contribution in [2.45, 2.75) is 57.0 Å². The van der Waals surface area contributed by atoms with Gasteiger partial charge in [0.2, 0.25) is 0 Å². The molecule has 2 aliphatic heterocycles. The van der Waals surface area contributed by atoms with Crippen molar-refractivity contribution in [2.24, 2.45) is 0 Å². The minimum atomic E-state index is 0.804. The molecule has 132 valence electrons. The first-order valence-electron chi connectivity index (χ1n) is 10.2. The van der Waals surface area contributed by atoms with Crippen molar-refractivity contribution in [2.75, 3.05) is 44.2 Å². The van der Waals surface area contributed by atoms with Crippen LogP contribution in [0.3, 0.4) is 0 Å². The van der Waals surface area contributed by atoms with E-state index in [2.05, 4.69) is 45.0 Å². The molecule has 1 unspecified atom stereocenters. The summed E-state index contributed by atoms with van der Waals surface area (Å²) >= 11 is 0. The summed E-state index contributed by atoms with van der Waals surface area (Å²) in [5, 5.41) is 0. The zero-order valence-corrected chi connectivity index (χ0v) is 15.1. The van der Waals surface area contributed by atoms with E-state index < -0.39 is 0 Å². The van der Waals surface area contributed by atoms with Gasteiger partial charge < -0.3 is 4.90 Å². The van der Waals surface area contributed by atoms with E-state index in [1.165, 1.54) is 89.9 Å². The highest BCUT2D eigenvalue weighted by atomic mass is 15.3. The predicted octanol–water partition coefficient (Wildman–Crippen LogP) is 3.61. The fourth-order valence-corrected chi connectivity index (χ4v) is 5.04. The monoisotopic (exact) mass is 327 g/mol. The van der Waals surface area contributed by atoms with Crippen molar-refractivity contribution in [1.82, 2.24) is 9.80 Å². The van der Waals surface area contributed by atoms with Crippen LogP contribution in [0.1, 0.15) is 44.9 Å². The third-order valence-corrected chi connectivity index (χ3v) is 6.47. The number of piperazine rings is 1. The Morgan fingerprint density at radius 1 is 0.625 bits per heavy atom. The van der Waals surface area contributed by atoms with Gasteiger partial charge in [-0.2, -0.15) is 0 Å². The Hall–Kier alpha value is -1.06. The summed E-state index contributed by atoms with van der Waals surface area (Å²) in [5.41, 5.74) is 1.39. The van der Waals surface area contributed by atoms with E-state index in [1.54, 1.807) is 0 Å². The molecule has 1 aromatic rings. The van der Waals surface area contributed by atoms with Crippen LogP contribution in [0, 0.1) is 0 Å². The number of piperidine rings is 1. The molecule has 3 aliphatic rings. The molecule has 0 bridgehead atoms. The number of hydrogen-bond donors (Lipinski definition) is 0. The highest BCUT2D eigenvalue weighted by Gasteiger charge is 2.31. The smallest absolute Gasteiger partial charge is 0.0367 e. The highest BCUT2D eigenvalue weighted by molar-refractivity contribution is 5.46. The average Bonchev–Trinajstić information content (AvgIpc) is 2.70. The Morgan fingerprint density at radius 2 is 1.33 bits per heavy atom. The van der Waals surface area contributed by atoms with Crippen LogP contribution in [0.2, 0.25) is 0 Å². The number of anilines is 1. The molecule has 0 aromatic heterocycles. The molecule has 2 heterocycles. The maximum Gasteiger partial charge on any atom is 0.0367 e. The number of nitrogens with zero attached hydrogens (tertiary/aromatic N) is 3. The molecule has 2 saturated heterocycles. The first-order chi connectivity index (χ1) is 11.9. The van der Waals surface area contributed by atoms with Gasteiger partial charge in [0.25, 0.3) is 0 Å². The van der Waals surface area contributed by atoms with Gasteiger partial charge in [-0.25, -0.2) is 0 Å². The fourth-order valence-electron chi connectivity index (χ4n) is 5.04. The van der Waals surface area contributed by atoms with E-state index in [1.807, 2.05) is 0 Å². The molecule has 1 atom stereocenters. The molecule has 1 saturated carbocycles. The molecular weight excluding hydrogens is 294 g/mol. The lowest BCUT2D eigenvalue weighted by Crippen LogP contribution is -2.56. The van der Waals surface area contributed by atoms with Gasteiger partial charge in [0.05, 0.1) is 0 Å². The normalized spacial score (nSPS) is 28.2. The lowest BCUT2D eigenvalue weighted by atomic mass is 9.91. The van der Waals surface area contributed by atoms with Crippen molar-refractivity contribution < 1.29 is 0 Å². The Balaban J connectivity index is 1.30. The summed E-state index contributed by atoms with van der Waals surface area (Å²) in [6.45, 7) is 7.52. The summed E-state index contributed by atoms with van der Waals surface area (Å²) < 4.78 is 0. The van der Waals surface area contributed by atoms with Gasteiger partial charge in [0.15, 0.2) is 0 Å². The van der Waals surface area contributed by atoms with Crippen LogP contribution in [0.5, 0.6) is 0 Å². The maximum atomic E-state index is 2.84. The van der Waals surface area contributed by atoms with E-state index in [9.17, 15) is 0 Å². The first kappa shape index (κ1) is 16.4. The van der Waals surface area contributed by atoms with Gasteiger partial charge in [-0.15, -0.1) is 0 Å². The van der Waals surface area contributed by atoms with E-state index >= 15 is 0 Å². The lowest BCUT2D eigenvalue weighted by Gasteiger charge is -2.46. The van der Waals surface area contributed by atoms with E-state index in [-0.39, 0.29) is 0 Å². The van der Waals surface area contributed by atoms with Crippen molar-refractivity contribution in [3.05, 3.63) is 30.3 Å². The van der Waals surface area contributed by atoms with Gasteiger partial charge in [-0.3, -0.25) is 9.80 Å². The standard InChI is InChI=1S/C21H33N3/c1-3-8-19(9-4-1)22-14-16-23(17-15-22)21-12-7-13-24(18-21)20-10-5-2-6-11-20/h1,3-4,8-9,20-21H,2,5-7,10-18H2. The number of likely N-dealkylation sites (tertiary alicyclic amines) is 1. The molecule has 24 heavy (non-hydrogen) atoms. The summed E-state index contributed by atoms with van der Waals surface area (Å²) in [6.07, 6.45) is 10.1. The summed E-state index contributed by atoms with van der Waals surface area (Å²) in [5.74, 6) is 0. The molecule has 1 aliphatic carbocycles. The topological polar surface area (TPSA) is 9.72 Å².